The molecule has 0 aliphatic rings. The van der Waals surface area contributed by atoms with E-state index in [1.165, 1.54) is 144 Å². The van der Waals surface area contributed by atoms with Crippen LogP contribution < -0.4 is 0 Å². The quantitative estimate of drug-likeness (QED) is 0.106. The lowest BCUT2D eigenvalue weighted by Crippen LogP contribution is -1.93. The summed E-state index contributed by atoms with van der Waals surface area (Å²) in [5, 5.41) is 7.43. The van der Waals surface area contributed by atoms with E-state index in [2.05, 4.69) is 299 Å². The maximum atomic E-state index is 2.43. The number of aryl methyl sites for hydroxylation is 2. The van der Waals surface area contributed by atoms with Crippen molar-refractivity contribution in [1.82, 2.24) is 4.57 Å². The molecule has 0 fully saturated rings. The van der Waals surface area contributed by atoms with E-state index >= 15 is 0 Å². The van der Waals surface area contributed by atoms with Gasteiger partial charge >= 0.3 is 0 Å². The number of rotatable bonds is 8. The number of nitrogens with zero attached hydrogens (tertiary/aromatic N) is 1. The van der Waals surface area contributed by atoms with Crippen molar-refractivity contribution in [2.45, 2.75) is 34.6 Å². The van der Waals surface area contributed by atoms with Gasteiger partial charge in [0.05, 0.1) is 11.0 Å². The lowest BCUT2D eigenvalue weighted by atomic mass is 9.83. The Bertz CT molecular complexity index is 4230. The van der Waals surface area contributed by atoms with Gasteiger partial charge in [-0.25, -0.2) is 0 Å². The molecular formula is C75H59N. The summed E-state index contributed by atoms with van der Waals surface area (Å²) in [5.41, 5.74) is 24.4. The molecule has 0 amide bonds. The first kappa shape index (κ1) is 47.7. The van der Waals surface area contributed by atoms with E-state index in [4.69, 9.17) is 0 Å². The second-order valence-corrected chi connectivity index (χ2v) is 20.4. The van der Waals surface area contributed by atoms with E-state index in [9.17, 15) is 0 Å². The van der Waals surface area contributed by atoms with E-state index in [0.29, 0.717) is 0 Å². The van der Waals surface area contributed by atoms with Gasteiger partial charge in [-0.2, -0.15) is 0 Å². The van der Waals surface area contributed by atoms with E-state index in [0.717, 1.165) is 0 Å². The summed E-state index contributed by atoms with van der Waals surface area (Å²) in [6.45, 7) is 10.5. The standard InChI is InChI=1S/C70H49N.C5H10/c1-46-17-21-52(22-18-46)57-38-41-63-65(44-57)69(55-33-29-51(30-34-55)50-27-25-49(26-28-50)48-11-5-3-6-12-48)62-40-37-58(53-23-19-47(2)20-24-53)45-66(62)70(63)56-35-31-54(32-36-56)59-39-42-68-64(43-59)61-15-9-10-16-67(61)71(68)60-13-7-4-8-14-60;1-4-5(2)3/h3-45H,1-2H3;4H,1-3H3. The van der Waals surface area contributed by atoms with Crippen LogP contribution in [0.2, 0.25) is 0 Å². The van der Waals surface area contributed by atoms with Gasteiger partial charge in [-0.3, -0.25) is 0 Å². The topological polar surface area (TPSA) is 4.93 Å². The third kappa shape index (κ3) is 9.22. The molecule has 76 heavy (non-hydrogen) atoms. The molecule has 364 valence electrons. The predicted octanol–water partition coefficient (Wildman–Crippen LogP) is 21.3. The van der Waals surface area contributed by atoms with Crippen LogP contribution in [0, 0.1) is 13.8 Å². The Kier molecular flexibility index (Phi) is 12.9. The van der Waals surface area contributed by atoms with Gasteiger partial charge in [0.15, 0.2) is 0 Å². The third-order valence-corrected chi connectivity index (χ3v) is 15.2. The number of aromatic nitrogens is 1. The Labute approximate surface area is 447 Å². The highest BCUT2D eigenvalue weighted by Crippen LogP contribution is 2.47. The molecule has 12 aromatic carbocycles. The fourth-order valence-electron chi connectivity index (χ4n) is 10.9. The van der Waals surface area contributed by atoms with Gasteiger partial charge in [0, 0.05) is 16.5 Å². The molecule has 0 unspecified atom stereocenters. The lowest BCUT2D eigenvalue weighted by Gasteiger charge is -2.20. The van der Waals surface area contributed by atoms with Crippen LogP contribution in [0.5, 0.6) is 0 Å². The molecule has 0 atom stereocenters. The summed E-state index contributed by atoms with van der Waals surface area (Å²) in [6, 6.07) is 96.5. The molecule has 0 aliphatic heterocycles. The van der Waals surface area contributed by atoms with Crippen molar-refractivity contribution in [3.05, 3.63) is 284 Å². The highest BCUT2D eigenvalue weighted by atomic mass is 15.0. The Hall–Kier alpha value is -9.30. The summed E-state index contributed by atoms with van der Waals surface area (Å²) < 4.78 is 2.38. The van der Waals surface area contributed by atoms with Crippen molar-refractivity contribution in [2.75, 3.05) is 0 Å². The molecule has 1 heteroatoms. The summed E-state index contributed by atoms with van der Waals surface area (Å²) >= 11 is 0. The first-order chi connectivity index (χ1) is 37.3. The SMILES string of the molecule is CC=C(C)C.Cc1ccc(-c2ccc3c(-c4ccc(-c5ccc6c(c5)c5ccccc5n6-c5ccccc5)cc4)c4cc(-c5ccc(C)cc5)ccc4c(-c4ccc(-c5ccc(-c6ccccc6)cc5)cc4)c3c2)cc1. The minimum absolute atomic E-state index is 1.17. The Balaban J connectivity index is 0.00000111. The van der Waals surface area contributed by atoms with Gasteiger partial charge in [-0.1, -0.05) is 241 Å². The lowest BCUT2D eigenvalue weighted by molar-refractivity contribution is 1.18. The third-order valence-electron chi connectivity index (χ3n) is 15.2. The van der Waals surface area contributed by atoms with E-state index < -0.39 is 0 Å². The van der Waals surface area contributed by atoms with Gasteiger partial charge in [-0.05, 0) is 177 Å². The van der Waals surface area contributed by atoms with Crippen LogP contribution in [-0.4, -0.2) is 4.57 Å². The van der Waals surface area contributed by atoms with Crippen molar-refractivity contribution < 1.29 is 0 Å². The van der Waals surface area contributed by atoms with Crippen LogP contribution in [0.1, 0.15) is 31.9 Å². The van der Waals surface area contributed by atoms with Gasteiger partial charge < -0.3 is 4.57 Å². The molecule has 13 aromatic rings. The summed E-state index contributed by atoms with van der Waals surface area (Å²) in [4.78, 5) is 0. The van der Waals surface area contributed by atoms with E-state index in [1.54, 1.807) is 0 Å². The van der Waals surface area contributed by atoms with E-state index in [1.807, 2.05) is 6.92 Å². The largest absolute Gasteiger partial charge is 0.309 e. The number of fused-ring (bicyclic) bond motifs is 5. The van der Waals surface area contributed by atoms with Crippen LogP contribution in [-0.2, 0) is 0 Å². The van der Waals surface area contributed by atoms with Crippen LogP contribution in [0.3, 0.4) is 0 Å². The van der Waals surface area contributed by atoms with Crippen molar-refractivity contribution in [2.24, 2.45) is 0 Å². The second kappa shape index (κ2) is 20.5. The minimum atomic E-state index is 1.17. The molecule has 1 nitrogen and oxygen atoms in total. The first-order valence-electron chi connectivity index (χ1n) is 26.5. The summed E-state index contributed by atoms with van der Waals surface area (Å²) in [7, 11) is 0. The number of allylic oxidation sites excluding steroid dienone is 2. The summed E-state index contributed by atoms with van der Waals surface area (Å²) in [5.74, 6) is 0. The highest BCUT2D eigenvalue weighted by molar-refractivity contribution is 6.22. The van der Waals surface area contributed by atoms with Crippen molar-refractivity contribution in [1.29, 1.82) is 0 Å². The molecule has 1 aromatic heterocycles. The van der Waals surface area contributed by atoms with E-state index in [-0.39, 0.29) is 0 Å². The van der Waals surface area contributed by atoms with Gasteiger partial charge in [0.1, 0.15) is 0 Å². The molecule has 0 aliphatic carbocycles. The molecule has 0 saturated carbocycles. The number of para-hydroxylation sites is 2. The zero-order valence-electron chi connectivity index (χ0n) is 43.9. The predicted molar refractivity (Wildman–Crippen MR) is 328 cm³/mol. The van der Waals surface area contributed by atoms with Crippen LogP contribution in [0.15, 0.2) is 273 Å². The Morgan fingerprint density at radius 2 is 0.592 bits per heavy atom. The molecule has 0 bridgehead atoms. The minimum Gasteiger partial charge on any atom is -0.309 e. The maximum Gasteiger partial charge on any atom is 0.0541 e. The molecule has 0 spiro atoms. The van der Waals surface area contributed by atoms with Gasteiger partial charge in [0.2, 0.25) is 0 Å². The average molecular weight is 974 g/mol. The monoisotopic (exact) mass is 973 g/mol. The van der Waals surface area contributed by atoms with Crippen LogP contribution >= 0.6 is 0 Å². The van der Waals surface area contributed by atoms with Crippen molar-refractivity contribution >= 4 is 43.4 Å². The van der Waals surface area contributed by atoms with Crippen LogP contribution in [0.25, 0.3) is 127 Å². The molecule has 0 saturated heterocycles. The van der Waals surface area contributed by atoms with Crippen LogP contribution in [0.4, 0.5) is 0 Å². The Morgan fingerprint density at radius 3 is 1.04 bits per heavy atom. The fourth-order valence-corrected chi connectivity index (χ4v) is 10.9. The molecule has 0 radical (unpaired) electrons. The number of hydrogen-bond acceptors (Lipinski definition) is 0. The average Bonchev–Trinajstić information content (AvgIpc) is 3.81. The molecular weight excluding hydrogens is 915 g/mol. The first-order valence-corrected chi connectivity index (χ1v) is 26.5. The second-order valence-electron chi connectivity index (χ2n) is 20.4. The molecule has 13 rings (SSSR count). The number of hydrogen-bond donors (Lipinski definition) is 0. The molecule has 0 N–H and O–H groups in total. The fraction of sp³-hybridized carbons (Fsp3) is 0.0667. The maximum absolute atomic E-state index is 2.43. The zero-order chi connectivity index (χ0) is 51.7. The smallest absolute Gasteiger partial charge is 0.0541 e. The Morgan fingerprint density at radius 1 is 0.276 bits per heavy atom. The number of benzene rings is 12. The normalized spacial score (nSPS) is 11.2. The highest BCUT2D eigenvalue weighted by Gasteiger charge is 2.20. The molecule has 1 heterocycles. The zero-order valence-corrected chi connectivity index (χ0v) is 43.9. The van der Waals surface area contributed by atoms with Crippen molar-refractivity contribution in [3.63, 3.8) is 0 Å². The van der Waals surface area contributed by atoms with Gasteiger partial charge in [-0.15, -0.1) is 0 Å². The van der Waals surface area contributed by atoms with Crippen molar-refractivity contribution in [3.8, 4) is 83.6 Å². The van der Waals surface area contributed by atoms with Gasteiger partial charge in [0.25, 0.3) is 0 Å². The summed E-state index contributed by atoms with van der Waals surface area (Å²) in [6.07, 6.45) is 2.08.